The number of hydrogen-bond acceptors (Lipinski definition) is 3. The lowest BCUT2D eigenvalue weighted by Crippen LogP contribution is -2.21. The van der Waals surface area contributed by atoms with Crippen molar-refractivity contribution in [2.45, 2.75) is 26.4 Å². The number of nitrogens with one attached hydrogen (secondary N) is 1. The molecule has 0 aliphatic heterocycles. The minimum absolute atomic E-state index is 0.245. The Bertz CT molecular complexity index is 621. The predicted molar refractivity (Wildman–Crippen MR) is 74.0 cm³/mol. The molecular weight excluding hydrogens is 259 g/mol. The van der Waals surface area contributed by atoms with E-state index in [1.807, 2.05) is 19.9 Å². The van der Waals surface area contributed by atoms with Crippen LogP contribution in [0.25, 0.3) is 5.69 Å². The summed E-state index contributed by atoms with van der Waals surface area (Å²) in [5, 5.41) is 7.15. The highest BCUT2D eigenvalue weighted by Crippen LogP contribution is 2.15. The van der Waals surface area contributed by atoms with Crippen molar-refractivity contribution in [2.75, 3.05) is 0 Å². The summed E-state index contributed by atoms with van der Waals surface area (Å²) in [5.41, 5.74) is 6.52. The first-order valence-electron chi connectivity index (χ1n) is 6.34. The second kappa shape index (κ2) is 5.83. The van der Waals surface area contributed by atoms with Gasteiger partial charge in [0.2, 0.25) is 0 Å². The monoisotopic (exact) mass is 276 g/mol. The van der Waals surface area contributed by atoms with E-state index in [1.165, 1.54) is 23.1 Å². The number of nitrogens with zero attached hydrogens (tertiary/aromatic N) is 2. The Morgan fingerprint density at radius 1 is 1.50 bits per heavy atom. The molecule has 2 rings (SSSR count). The molecular formula is C14H17FN4O. The van der Waals surface area contributed by atoms with Crippen LogP contribution in [0.5, 0.6) is 0 Å². The molecule has 0 radical (unpaired) electrons. The molecule has 0 unspecified atom stereocenters. The average Bonchev–Trinajstić information content (AvgIpc) is 2.86. The SMILES string of the molecule is CC(C)NCc1ccc(-n2cc(C(N)=O)cn2)c(F)c1. The molecule has 0 spiro atoms. The van der Waals surface area contributed by atoms with Gasteiger partial charge in [0.25, 0.3) is 5.91 Å². The van der Waals surface area contributed by atoms with E-state index in [2.05, 4.69) is 10.4 Å². The normalized spacial score (nSPS) is 11.0. The van der Waals surface area contributed by atoms with Crippen LogP contribution in [0.1, 0.15) is 29.8 Å². The summed E-state index contributed by atoms with van der Waals surface area (Å²) >= 11 is 0. The Labute approximate surface area is 116 Å². The smallest absolute Gasteiger partial charge is 0.251 e. The summed E-state index contributed by atoms with van der Waals surface area (Å²) < 4.78 is 15.4. The molecule has 0 atom stereocenters. The number of halogens is 1. The van der Waals surface area contributed by atoms with Crippen LogP contribution in [0.2, 0.25) is 0 Å². The van der Waals surface area contributed by atoms with Crippen molar-refractivity contribution in [1.82, 2.24) is 15.1 Å². The first-order chi connectivity index (χ1) is 9.47. The number of carbonyl (C=O) groups excluding carboxylic acids is 1. The molecule has 1 aromatic heterocycles. The number of nitrogens with two attached hydrogens (primary N) is 1. The molecule has 5 nitrogen and oxygen atoms in total. The highest BCUT2D eigenvalue weighted by atomic mass is 19.1. The fourth-order valence-corrected chi connectivity index (χ4v) is 1.75. The molecule has 6 heteroatoms. The van der Waals surface area contributed by atoms with Crippen molar-refractivity contribution >= 4 is 5.91 Å². The molecule has 0 saturated heterocycles. The number of primary amides is 1. The third-order valence-corrected chi connectivity index (χ3v) is 2.84. The molecule has 0 aliphatic rings. The molecule has 0 saturated carbocycles. The van der Waals surface area contributed by atoms with Crippen LogP contribution in [0.3, 0.4) is 0 Å². The van der Waals surface area contributed by atoms with E-state index >= 15 is 0 Å². The van der Waals surface area contributed by atoms with Crippen LogP contribution in [-0.2, 0) is 6.54 Å². The molecule has 0 fully saturated rings. The van der Waals surface area contributed by atoms with Crippen LogP contribution in [0, 0.1) is 5.82 Å². The van der Waals surface area contributed by atoms with Gasteiger partial charge in [0.1, 0.15) is 11.5 Å². The van der Waals surface area contributed by atoms with Gasteiger partial charge in [0.05, 0.1) is 11.8 Å². The fraction of sp³-hybridized carbons (Fsp3) is 0.286. The van der Waals surface area contributed by atoms with E-state index in [-0.39, 0.29) is 11.3 Å². The zero-order valence-electron chi connectivity index (χ0n) is 11.4. The predicted octanol–water partition coefficient (Wildman–Crippen LogP) is 1.61. The number of hydrogen-bond donors (Lipinski definition) is 2. The lowest BCUT2D eigenvalue weighted by molar-refractivity contribution is 0.100. The third kappa shape index (κ3) is 3.21. The molecule has 1 aromatic carbocycles. The summed E-state index contributed by atoms with van der Waals surface area (Å²) in [6, 6.07) is 5.24. The maximum atomic E-state index is 14.1. The van der Waals surface area contributed by atoms with Gasteiger partial charge in [-0.15, -0.1) is 0 Å². The molecule has 1 amide bonds. The van der Waals surface area contributed by atoms with E-state index in [9.17, 15) is 9.18 Å². The van der Waals surface area contributed by atoms with Gasteiger partial charge in [0.15, 0.2) is 0 Å². The minimum atomic E-state index is -0.589. The second-order valence-corrected chi connectivity index (χ2v) is 4.86. The number of aromatic nitrogens is 2. The molecule has 0 bridgehead atoms. The zero-order valence-corrected chi connectivity index (χ0v) is 11.4. The van der Waals surface area contributed by atoms with Gasteiger partial charge in [0, 0.05) is 18.8 Å². The van der Waals surface area contributed by atoms with Crippen LogP contribution in [0.4, 0.5) is 4.39 Å². The van der Waals surface area contributed by atoms with Crippen molar-refractivity contribution in [3.8, 4) is 5.69 Å². The third-order valence-electron chi connectivity index (χ3n) is 2.84. The Hall–Kier alpha value is -2.21. The van der Waals surface area contributed by atoms with Gasteiger partial charge in [-0.3, -0.25) is 4.79 Å². The summed E-state index contributed by atoms with van der Waals surface area (Å²) in [6.45, 7) is 4.65. The van der Waals surface area contributed by atoms with Crippen molar-refractivity contribution < 1.29 is 9.18 Å². The summed E-state index contributed by atoms with van der Waals surface area (Å²) in [7, 11) is 0. The molecule has 106 valence electrons. The lowest BCUT2D eigenvalue weighted by Gasteiger charge is -2.09. The topological polar surface area (TPSA) is 72.9 Å². The van der Waals surface area contributed by atoms with Crippen molar-refractivity contribution in [2.24, 2.45) is 5.73 Å². The fourth-order valence-electron chi connectivity index (χ4n) is 1.75. The first kappa shape index (κ1) is 14.2. The molecule has 0 aliphatic carbocycles. The molecule has 20 heavy (non-hydrogen) atoms. The zero-order chi connectivity index (χ0) is 14.7. The van der Waals surface area contributed by atoms with Gasteiger partial charge >= 0.3 is 0 Å². The molecule has 3 N–H and O–H groups in total. The van der Waals surface area contributed by atoms with Crippen molar-refractivity contribution in [1.29, 1.82) is 0 Å². The van der Waals surface area contributed by atoms with Crippen LogP contribution in [0.15, 0.2) is 30.6 Å². The van der Waals surface area contributed by atoms with Gasteiger partial charge in [-0.25, -0.2) is 9.07 Å². The van der Waals surface area contributed by atoms with E-state index in [0.29, 0.717) is 12.6 Å². The largest absolute Gasteiger partial charge is 0.366 e. The van der Waals surface area contributed by atoms with Gasteiger partial charge in [-0.1, -0.05) is 19.9 Å². The Morgan fingerprint density at radius 3 is 2.80 bits per heavy atom. The molecule has 1 heterocycles. The Morgan fingerprint density at radius 2 is 2.25 bits per heavy atom. The van der Waals surface area contributed by atoms with Gasteiger partial charge < -0.3 is 11.1 Å². The van der Waals surface area contributed by atoms with E-state index in [1.54, 1.807) is 6.07 Å². The maximum Gasteiger partial charge on any atom is 0.251 e. The van der Waals surface area contributed by atoms with Crippen LogP contribution >= 0.6 is 0 Å². The lowest BCUT2D eigenvalue weighted by atomic mass is 10.2. The minimum Gasteiger partial charge on any atom is -0.366 e. The Kier molecular flexibility index (Phi) is 4.14. The van der Waals surface area contributed by atoms with E-state index < -0.39 is 11.7 Å². The highest BCUT2D eigenvalue weighted by Gasteiger charge is 2.10. The summed E-state index contributed by atoms with van der Waals surface area (Å²) in [5.74, 6) is -0.985. The summed E-state index contributed by atoms with van der Waals surface area (Å²) in [4.78, 5) is 11.0. The number of amides is 1. The number of rotatable bonds is 5. The van der Waals surface area contributed by atoms with Gasteiger partial charge in [-0.2, -0.15) is 5.10 Å². The quantitative estimate of drug-likeness (QED) is 0.871. The maximum absolute atomic E-state index is 14.1. The Balaban J connectivity index is 2.22. The van der Waals surface area contributed by atoms with E-state index in [0.717, 1.165) is 5.56 Å². The van der Waals surface area contributed by atoms with Crippen molar-refractivity contribution in [3.63, 3.8) is 0 Å². The van der Waals surface area contributed by atoms with E-state index in [4.69, 9.17) is 5.73 Å². The van der Waals surface area contributed by atoms with Crippen LogP contribution < -0.4 is 11.1 Å². The molecule has 2 aromatic rings. The summed E-state index contributed by atoms with van der Waals surface area (Å²) in [6.07, 6.45) is 2.72. The highest BCUT2D eigenvalue weighted by molar-refractivity contribution is 5.92. The van der Waals surface area contributed by atoms with Crippen LogP contribution in [-0.4, -0.2) is 21.7 Å². The first-order valence-corrected chi connectivity index (χ1v) is 6.34. The second-order valence-electron chi connectivity index (χ2n) is 4.86. The van der Waals surface area contributed by atoms with Crippen molar-refractivity contribution in [3.05, 3.63) is 47.5 Å². The van der Waals surface area contributed by atoms with Gasteiger partial charge in [-0.05, 0) is 17.7 Å². The average molecular weight is 276 g/mol. The number of carbonyl (C=O) groups is 1. The standard InChI is InChI=1S/C14H17FN4O/c1-9(2)17-6-10-3-4-13(12(15)5-10)19-8-11(7-18-19)14(16)20/h3-5,7-9,17H,6H2,1-2H3,(H2,16,20). The number of benzene rings is 1.